The monoisotopic (exact) mass is 301 g/mol. The molecule has 22 heavy (non-hydrogen) atoms. The van der Waals surface area contributed by atoms with E-state index in [1.54, 1.807) is 12.3 Å². The summed E-state index contributed by atoms with van der Waals surface area (Å²) in [5.74, 6) is 0.263. The Kier molecular flexibility index (Phi) is 4.43. The van der Waals surface area contributed by atoms with Crippen LogP contribution in [0.3, 0.4) is 0 Å². The molecule has 1 aliphatic heterocycles. The van der Waals surface area contributed by atoms with Crippen LogP contribution in [-0.4, -0.2) is 45.4 Å². The number of nitrogens with one attached hydrogen (secondary N) is 2. The van der Waals surface area contributed by atoms with Crippen LogP contribution in [0.2, 0.25) is 0 Å². The number of hydrogen-bond donors (Lipinski definition) is 2. The molecule has 7 nitrogen and oxygen atoms in total. The third kappa shape index (κ3) is 3.14. The summed E-state index contributed by atoms with van der Waals surface area (Å²) in [4.78, 5) is 36.2. The molecule has 3 heterocycles. The minimum Gasteiger partial charge on any atom is -0.343 e. The maximum atomic E-state index is 11.7. The zero-order valence-electron chi connectivity index (χ0n) is 12.3. The first-order valence-corrected chi connectivity index (χ1v) is 7.55. The number of aromatic amines is 1. The van der Waals surface area contributed by atoms with Crippen molar-refractivity contribution < 1.29 is 4.79 Å². The Labute approximate surface area is 127 Å². The van der Waals surface area contributed by atoms with Crippen molar-refractivity contribution >= 4 is 16.8 Å². The van der Waals surface area contributed by atoms with E-state index >= 15 is 0 Å². The van der Waals surface area contributed by atoms with Crippen LogP contribution in [0.25, 0.3) is 10.9 Å². The molecular formula is C15H19N5O2. The van der Waals surface area contributed by atoms with Crippen molar-refractivity contribution in [3.05, 3.63) is 34.6 Å². The van der Waals surface area contributed by atoms with Crippen molar-refractivity contribution in [2.45, 2.75) is 25.8 Å². The minimum atomic E-state index is -0.152. The fourth-order valence-electron chi connectivity index (χ4n) is 2.73. The van der Waals surface area contributed by atoms with Gasteiger partial charge < -0.3 is 15.2 Å². The van der Waals surface area contributed by atoms with E-state index in [1.165, 1.54) is 6.33 Å². The third-order valence-corrected chi connectivity index (χ3v) is 3.88. The Morgan fingerprint density at radius 2 is 2.23 bits per heavy atom. The van der Waals surface area contributed by atoms with Crippen molar-refractivity contribution in [1.29, 1.82) is 0 Å². The summed E-state index contributed by atoms with van der Waals surface area (Å²) in [6, 6.07) is 1.67. The number of nitrogens with zero attached hydrogens (tertiary/aromatic N) is 3. The SMILES string of the molecule is O=C1CCCN1CCCNCc1nccc2c(=O)[nH]cnc12. The number of hydrogen-bond acceptors (Lipinski definition) is 5. The van der Waals surface area contributed by atoms with Gasteiger partial charge in [-0.15, -0.1) is 0 Å². The molecule has 0 radical (unpaired) electrons. The molecule has 0 saturated carbocycles. The molecule has 2 aromatic rings. The maximum Gasteiger partial charge on any atom is 0.258 e. The highest BCUT2D eigenvalue weighted by atomic mass is 16.2. The molecule has 1 aliphatic rings. The molecule has 7 heteroatoms. The zero-order chi connectivity index (χ0) is 15.4. The molecule has 1 fully saturated rings. The number of carbonyl (C=O) groups is 1. The number of rotatable bonds is 6. The van der Waals surface area contributed by atoms with Crippen LogP contribution in [0.15, 0.2) is 23.4 Å². The summed E-state index contributed by atoms with van der Waals surface area (Å²) in [5.41, 5.74) is 1.25. The van der Waals surface area contributed by atoms with Gasteiger partial charge >= 0.3 is 0 Å². The third-order valence-electron chi connectivity index (χ3n) is 3.88. The second kappa shape index (κ2) is 6.65. The van der Waals surface area contributed by atoms with Crippen LogP contribution >= 0.6 is 0 Å². The lowest BCUT2D eigenvalue weighted by molar-refractivity contribution is -0.127. The highest BCUT2D eigenvalue weighted by Crippen LogP contribution is 2.10. The maximum absolute atomic E-state index is 11.7. The van der Waals surface area contributed by atoms with Crippen molar-refractivity contribution in [3.8, 4) is 0 Å². The molecule has 1 amide bonds. The topological polar surface area (TPSA) is 91.0 Å². The second-order valence-corrected chi connectivity index (χ2v) is 5.40. The molecule has 3 rings (SSSR count). The average Bonchev–Trinajstić information content (AvgIpc) is 2.93. The van der Waals surface area contributed by atoms with E-state index in [2.05, 4.69) is 20.3 Å². The zero-order valence-corrected chi connectivity index (χ0v) is 12.3. The lowest BCUT2D eigenvalue weighted by Crippen LogP contribution is -2.28. The van der Waals surface area contributed by atoms with Gasteiger partial charge in [0.1, 0.15) is 5.52 Å². The van der Waals surface area contributed by atoms with Gasteiger partial charge in [-0.25, -0.2) is 4.98 Å². The number of amides is 1. The summed E-state index contributed by atoms with van der Waals surface area (Å²) in [6.45, 7) is 3.04. The van der Waals surface area contributed by atoms with Crippen LogP contribution in [0.1, 0.15) is 25.0 Å². The van der Waals surface area contributed by atoms with Crippen molar-refractivity contribution in [3.63, 3.8) is 0 Å². The summed E-state index contributed by atoms with van der Waals surface area (Å²) in [7, 11) is 0. The van der Waals surface area contributed by atoms with Gasteiger partial charge in [-0.2, -0.15) is 0 Å². The van der Waals surface area contributed by atoms with Gasteiger partial charge in [0, 0.05) is 32.3 Å². The van der Waals surface area contributed by atoms with E-state index in [0.717, 1.165) is 38.2 Å². The first-order valence-electron chi connectivity index (χ1n) is 7.55. The Morgan fingerprint density at radius 1 is 1.32 bits per heavy atom. The molecule has 2 N–H and O–H groups in total. The molecule has 0 unspecified atom stereocenters. The van der Waals surface area contributed by atoms with Crippen molar-refractivity contribution in [2.24, 2.45) is 0 Å². The van der Waals surface area contributed by atoms with E-state index in [4.69, 9.17) is 0 Å². The Bertz CT molecular complexity index is 727. The van der Waals surface area contributed by atoms with E-state index in [9.17, 15) is 9.59 Å². The van der Waals surface area contributed by atoms with Gasteiger partial charge in [-0.3, -0.25) is 14.6 Å². The first kappa shape index (κ1) is 14.6. The van der Waals surface area contributed by atoms with Gasteiger partial charge in [-0.05, 0) is 25.5 Å². The first-order chi connectivity index (χ1) is 10.8. The van der Waals surface area contributed by atoms with Gasteiger partial charge in [0.05, 0.1) is 17.4 Å². The Hall–Kier alpha value is -2.28. The van der Waals surface area contributed by atoms with E-state index in [-0.39, 0.29) is 11.5 Å². The van der Waals surface area contributed by atoms with Crippen LogP contribution in [0, 0.1) is 0 Å². The number of likely N-dealkylation sites (tertiary alicyclic amines) is 1. The smallest absolute Gasteiger partial charge is 0.258 e. The number of fused-ring (bicyclic) bond motifs is 1. The molecule has 116 valence electrons. The van der Waals surface area contributed by atoms with Crippen LogP contribution in [0.5, 0.6) is 0 Å². The summed E-state index contributed by atoms with van der Waals surface area (Å²) < 4.78 is 0. The average molecular weight is 301 g/mol. The molecule has 2 aromatic heterocycles. The number of carbonyl (C=O) groups excluding carboxylic acids is 1. The predicted octanol–water partition coefficient (Wildman–Crippen LogP) is 0.420. The summed E-state index contributed by atoms with van der Waals surface area (Å²) in [5, 5.41) is 3.85. The van der Waals surface area contributed by atoms with E-state index in [1.807, 2.05) is 4.90 Å². The van der Waals surface area contributed by atoms with E-state index in [0.29, 0.717) is 23.9 Å². The number of H-pyrrole nitrogens is 1. The molecule has 0 atom stereocenters. The van der Waals surface area contributed by atoms with Gasteiger partial charge in [0.15, 0.2) is 0 Å². The standard InChI is InChI=1S/C15H19N5O2/c21-13-3-1-7-20(13)8-2-5-16-9-12-14-11(4-6-17-12)15(22)19-10-18-14/h4,6,10,16H,1-3,5,7-9H2,(H,18,19,22). The lowest BCUT2D eigenvalue weighted by atomic mass is 10.2. The highest BCUT2D eigenvalue weighted by molar-refractivity contribution is 5.79. The molecule has 0 aliphatic carbocycles. The largest absolute Gasteiger partial charge is 0.343 e. The molecule has 0 bridgehead atoms. The molecule has 0 spiro atoms. The predicted molar refractivity (Wildman–Crippen MR) is 82.3 cm³/mol. The summed E-state index contributed by atoms with van der Waals surface area (Å²) >= 11 is 0. The van der Waals surface area contributed by atoms with Gasteiger partial charge in [0.25, 0.3) is 5.56 Å². The molecule has 0 aromatic carbocycles. The van der Waals surface area contributed by atoms with Gasteiger partial charge in [-0.1, -0.05) is 0 Å². The normalized spacial score (nSPS) is 14.9. The van der Waals surface area contributed by atoms with Crippen molar-refractivity contribution in [2.75, 3.05) is 19.6 Å². The fraction of sp³-hybridized carbons (Fsp3) is 0.467. The van der Waals surface area contributed by atoms with E-state index < -0.39 is 0 Å². The van der Waals surface area contributed by atoms with Crippen LogP contribution < -0.4 is 10.9 Å². The Balaban J connectivity index is 1.53. The summed E-state index contributed by atoms with van der Waals surface area (Å²) in [6.07, 6.45) is 5.60. The van der Waals surface area contributed by atoms with Gasteiger partial charge in [0.2, 0.25) is 5.91 Å². The van der Waals surface area contributed by atoms with Crippen LogP contribution in [0.4, 0.5) is 0 Å². The highest BCUT2D eigenvalue weighted by Gasteiger charge is 2.18. The minimum absolute atomic E-state index is 0.152. The molecular weight excluding hydrogens is 282 g/mol. The lowest BCUT2D eigenvalue weighted by Gasteiger charge is -2.15. The quantitative estimate of drug-likeness (QED) is 0.755. The van der Waals surface area contributed by atoms with Crippen molar-refractivity contribution in [1.82, 2.24) is 25.2 Å². The fourth-order valence-corrected chi connectivity index (χ4v) is 2.73. The Morgan fingerprint density at radius 3 is 3.05 bits per heavy atom. The second-order valence-electron chi connectivity index (χ2n) is 5.40. The molecule has 1 saturated heterocycles. The number of aromatic nitrogens is 3. The number of pyridine rings is 1. The van der Waals surface area contributed by atoms with Crippen LogP contribution in [-0.2, 0) is 11.3 Å².